The van der Waals surface area contributed by atoms with Crippen molar-refractivity contribution in [1.29, 1.82) is 0 Å². The van der Waals surface area contributed by atoms with Crippen LogP contribution in [0.15, 0.2) is 53.3 Å². The molecule has 1 amide bonds. The van der Waals surface area contributed by atoms with Crippen LogP contribution in [0.2, 0.25) is 0 Å². The van der Waals surface area contributed by atoms with Crippen LogP contribution in [0.25, 0.3) is 22.4 Å². The van der Waals surface area contributed by atoms with Gasteiger partial charge in [0.2, 0.25) is 5.88 Å². The van der Waals surface area contributed by atoms with Crippen LogP contribution in [0.3, 0.4) is 0 Å². The largest absolute Gasteiger partial charge is 0.467 e. The van der Waals surface area contributed by atoms with E-state index in [9.17, 15) is 4.79 Å². The summed E-state index contributed by atoms with van der Waals surface area (Å²) in [5.41, 5.74) is 6.28. The summed E-state index contributed by atoms with van der Waals surface area (Å²) in [5.74, 6) is 0.0229. The number of amides is 1. The molecule has 4 aromatic rings. The van der Waals surface area contributed by atoms with E-state index >= 15 is 0 Å². The molecule has 0 saturated heterocycles. The van der Waals surface area contributed by atoms with Crippen molar-refractivity contribution in [1.82, 2.24) is 20.4 Å². The van der Waals surface area contributed by atoms with E-state index in [-0.39, 0.29) is 18.4 Å². The molecule has 2 heterocycles. The van der Waals surface area contributed by atoms with Gasteiger partial charge in [0.25, 0.3) is 11.6 Å². The number of fused-ring (bicyclic) bond motifs is 1. The number of carbonyl (C=O) groups excluding carboxylic acids is 1. The molecule has 7 nitrogen and oxygen atoms in total. The SMILES string of the molecule is Cc1ccc(-c2noc3ncnc(OCC(=O)NCc4ccccc4C)c23)cc1C. The normalized spacial score (nSPS) is 10.9. The predicted octanol–water partition coefficient (Wildman–Crippen LogP) is 3.91. The number of rotatable bonds is 6. The minimum Gasteiger partial charge on any atom is -0.467 e. The maximum absolute atomic E-state index is 12.3. The Morgan fingerprint density at radius 3 is 2.67 bits per heavy atom. The monoisotopic (exact) mass is 402 g/mol. The fourth-order valence-corrected chi connectivity index (χ4v) is 3.14. The Labute approximate surface area is 174 Å². The molecule has 30 heavy (non-hydrogen) atoms. The van der Waals surface area contributed by atoms with Crippen molar-refractivity contribution < 1.29 is 14.1 Å². The first-order valence-corrected chi connectivity index (χ1v) is 9.65. The van der Waals surface area contributed by atoms with E-state index in [0.717, 1.165) is 22.3 Å². The molecule has 2 aromatic carbocycles. The van der Waals surface area contributed by atoms with Crippen molar-refractivity contribution >= 4 is 17.0 Å². The minimum atomic E-state index is -0.241. The van der Waals surface area contributed by atoms with E-state index in [1.54, 1.807) is 0 Å². The van der Waals surface area contributed by atoms with Gasteiger partial charge < -0.3 is 14.6 Å². The summed E-state index contributed by atoms with van der Waals surface area (Å²) in [6.45, 7) is 6.36. The van der Waals surface area contributed by atoms with Crippen molar-refractivity contribution in [2.24, 2.45) is 0 Å². The van der Waals surface area contributed by atoms with Crippen molar-refractivity contribution in [3.8, 4) is 17.1 Å². The van der Waals surface area contributed by atoms with Crippen LogP contribution >= 0.6 is 0 Å². The first-order valence-electron chi connectivity index (χ1n) is 9.65. The molecule has 152 valence electrons. The molecule has 0 fully saturated rings. The summed E-state index contributed by atoms with van der Waals surface area (Å²) in [4.78, 5) is 20.6. The number of hydrogen-bond donors (Lipinski definition) is 1. The van der Waals surface area contributed by atoms with Crippen LogP contribution in [0.4, 0.5) is 0 Å². The first-order chi connectivity index (χ1) is 14.5. The molecule has 0 atom stereocenters. The van der Waals surface area contributed by atoms with Gasteiger partial charge in [-0.3, -0.25) is 4.79 Å². The average Bonchev–Trinajstić information content (AvgIpc) is 3.18. The number of benzene rings is 2. The van der Waals surface area contributed by atoms with Crippen LogP contribution in [0.1, 0.15) is 22.3 Å². The van der Waals surface area contributed by atoms with Crippen LogP contribution in [0, 0.1) is 20.8 Å². The average molecular weight is 402 g/mol. The lowest BCUT2D eigenvalue weighted by molar-refractivity contribution is -0.123. The van der Waals surface area contributed by atoms with E-state index in [2.05, 4.69) is 20.4 Å². The molecule has 0 aliphatic heterocycles. The van der Waals surface area contributed by atoms with Crippen LogP contribution in [-0.2, 0) is 11.3 Å². The van der Waals surface area contributed by atoms with Gasteiger partial charge in [-0.1, -0.05) is 41.6 Å². The van der Waals surface area contributed by atoms with Crippen LogP contribution in [-0.4, -0.2) is 27.6 Å². The number of aromatic nitrogens is 3. The second kappa shape index (κ2) is 8.32. The zero-order valence-electron chi connectivity index (χ0n) is 17.1. The van der Waals surface area contributed by atoms with Gasteiger partial charge in [0.05, 0.1) is 0 Å². The molecule has 0 bridgehead atoms. The van der Waals surface area contributed by atoms with E-state index in [1.165, 1.54) is 11.9 Å². The molecule has 4 rings (SSSR count). The molecular formula is C23H22N4O3. The van der Waals surface area contributed by atoms with E-state index < -0.39 is 0 Å². The minimum absolute atomic E-state index is 0.171. The topological polar surface area (TPSA) is 90.1 Å². The number of hydrogen-bond acceptors (Lipinski definition) is 6. The molecule has 0 radical (unpaired) electrons. The molecule has 1 N–H and O–H groups in total. The predicted molar refractivity (Wildman–Crippen MR) is 113 cm³/mol. The number of aryl methyl sites for hydroxylation is 3. The maximum atomic E-state index is 12.3. The van der Waals surface area contributed by atoms with E-state index in [0.29, 0.717) is 23.3 Å². The first kappa shape index (κ1) is 19.6. The highest BCUT2D eigenvalue weighted by molar-refractivity contribution is 5.93. The zero-order chi connectivity index (χ0) is 21.1. The van der Waals surface area contributed by atoms with Gasteiger partial charge in [0.15, 0.2) is 6.61 Å². The number of nitrogens with one attached hydrogen (secondary N) is 1. The van der Waals surface area contributed by atoms with Gasteiger partial charge in [-0.15, -0.1) is 0 Å². The van der Waals surface area contributed by atoms with Gasteiger partial charge in [0.1, 0.15) is 17.4 Å². The summed E-state index contributed by atoms with van der Waals surface area (Å²) < 4.78 is 11.1. The maximum Gasteiger partial charge on any atom is 0.265 e. The Balaban J connectivity index is 1.51. The molecular weight excluding hydrogens is 380 g/mol. The summed E-state index contributed by atoms with van der Waals surface area (Å²) in [7, 11) is 0. The number of ether oxygens (including phenoxy) is 1. The van der Waals surface area contributed by atoms with Crippen LogP contribution in [0.5, 0.6) is 5.88 Å². The lowest BCUT2D eigenvalue weighted by atomic mass is 10.0. The van der Waals surface area contributed by atoms with E-state index in [4.69, 9.17) is 9.26 Å². The Morgan fingerprint density at radius 2 is 1.87 bits per heavy atom. The second-order valence-electron chi connectivity index (χ2n) is 7.18. The molecule has 2 aromatic heterocycles. The fraction of sp³-hybridized carbons (Fsp3) is 0.217. The molecule has 0 spiro atoms. The third-order valence-corrected chi connectivity index (χ3v) is 5.10. The Morgan fingerprint density at radius 1 is 1.03 bits per heavy atom. The molecule has 0 aliphatic rings. The van der Waals surface area contributed by atoms with Gasteiger partial charge in [-0.2, -0.15) is 4.98 Å². The third-order valence-electron chi connectivity index (χ3n) is 5.10. The summed E-state index contributed by atoms with van der Waals surface area (Å²) in [6, 6.07) is 13.9. The lowest BCUT2D eigenvalue weighted by Crippen LogP contribution is -2.28. The molecule has 0 saturated carbocycles. The van der Waals surface area contributed by atoms with Gasteiger partial charge in [-0.05, 0) is 49.1 Å². The highest BCUT2D eigenvalue weighted by Gasteiger charge is 2.19. The second-order valence-corrected chi connectivity index (χ2v) is 7.18. The smallest absolute Gasteiger partial charge is 0.265 e. The van der Waals surface area contributed by atoms with Gasteiger partial charge >= 0.3 is 0 Å². The number of carbonyl (C=O) groups is 1. The number of nitrogens with zero attached hydrogens (tertiary/aromatic N) is 3. The fourth-order valence-electron chi connectivity index (χ4n) is 3.14. The van der Waals surface area contributed by atoms with E-state index in [1.807, 2.05) is 63.2 Å². The van der Waals surface area contributed by atoms with Crippen molar-refractivity contribution in [3.05, 3.63) is 71.0 Å². The Hall–Kier alpha value is -3.74. The Bertz CT molecular complexity index is 1220. The van der Waals surface area contributed by atoms with Gasteiger partial charge in [0, 0.05) is 12.1 Å². The summed E-state index contributed by atoms with van der Waals surface area (Å²) >= 11 is 0. The van der Waals surface area contributed by atoms with Crippen LogP contribution < -0.4 is 10.1 Å². The van der Waals surface area contributed by atoms with Crippen molar-refractivity contribution in [2.45, 2.75) is 27.3 Å². The highest BCUT2D eigenvalue weighted by Crippen LogP contribution is 2.33. The van der Waals surface area contributed by atoms with Gasteiger partial charge in [-0.25, -0.2) is 4.98 Å². The highest BCUT2D eigenvalue weighted by atomic mass is 16.5. The lowest BCUT2D eigenvalue weighted by Gasteiger charge is -2.09. The molecule has 0 unspecified atom stereocenters. The Kier molecular flexibility index (Phi) is 5.43. The summed E-state index contributed by atoms with van der Waals surface area (Å²) in [6.07, 6.45) is 1.33. The third kappa shape index (κ3) is 4.00. The summed E-state index contributed by atoms with van der Waals surface area (Å²) in [5, 5.41) is 7.57. The zero-order valence-corrected chi connectivity index (χ0v) is 17.1. The van der Waals surface area contributed by atoms with Crippen molar-refractivity contribution in [3.63, 3.8) is 0 Å². The molecule has 0 aliphatic carbocycles. The molecule has 7 heteroatoms. The standard InChI is InChI=1S/C23H22N4O3/c1-14-8-9-17(10-16(14)3)21-20-22(25-13-26-23(20)30-27-21)29-12-19(28)24-11-18-7-5-4-6-15(18)2/h4-10,13H,11-12H2,1-3H3,(H,24,28). The quantitative estimate of drug-likeness (QED) is 0.526. The van der Waals surface area contributed by atoms with Crippen molar-refractivity contribution in [2.75, 3.05) is 6.61 Å².